The van der Waals surface area contributed by atoms with Gasteiger partial charge in [-0.3, -0.25) is 0 Å². The zero-order valence-electron chi connectivity index (χ0n) is 12.5. The Kier molecular flexibility index (Phi) is 4.53. The number of rotatable bonds is 6. The number of fused-ring (bicyclic) bond motifs is 1. The van der Waals surface area contributed by atoms with Crippen LogP contribution < -0.4 is 20.1 Å². The molecule has 3 rings (SSSR count). The quantitative estimate of drug-likeness (QED) is 0.794. The number of hydrogen-bond acceptors (Lipinski definition) is 7. The number of anilines is 3. The first-order valence-electron chi connectivity index (χ1n) is 7.45. The van der Waals surface area contributed by atoms with Crippen LogP contribution in [0.4, 0.5) is 17.5 Å². The Hall–Kier alpha value is -2.57. The first-order valence-corrected chi connectivity index (χ1v) is 7.45. The molecular formula is C15H19N5O2. The smallest absolute Gasteiger partial charge is 0.244 e. The molecule has 0 unspecified atom stereocenters. The van der Waals surface area contributed by atoms with Gasteiger partial charge in [-0.1, -0.05) is 13.3 Å². The summed E-state index contributed by atoms with van der Waals surface area (Å²) in [5.74, 6) is 2.65. The minimum atomic E-state index is 0.524. The van der Waals surface area contributed by atoms with Crippen molar-refractivity contribution in [2.24, 2.45) is 0 Å². The van der Waals surface area contributed by atoms with E-state index in [1.54, 1.807) is 6.20 Å². The van der Waals surface area contributed by atoms with E-state index >= 15 is 0 Å². The maximum absolute atomic E-state index is 5.57. The van der Waals surface area contributed by atoms with Crippen LogP contribution in [-0.2, 0) is 0 Å². The predicted molar refractivity (Wildman–Crippen MR) is 83.9 cm³/mol. The normalized spacial score (nSPS) is 12.8. The van der Waals surface area contributed by atoms with Gasteiger partial charge in [-0.2, -0.15) is 10.1 Å². The summed E-state index contributed by atoms with van der Waals surface area (Å²) in [6.07, 6.45) is 3.78. The first kappa shape index (κ1) is 14.4. The van der Waals surface area contributed by atoms with Crippen LogP contribution in [0.5, 0.6) is 11.5 Å². The fraction of sp³-hybridized carbons (Fsp3) is 0.400. The topological polar surface area (TPSA) is 81.2 Å². The average Bonchev–Trinajstić information content (AvgIpc) is 2.55. The predicted octanol–water partition coefficient (Wildman–Crippen LogP) is 2.60. The van der Waals surface area contributed by atoms with Crippen LogP contribution in [0.3, 0.4) is 0 Å². The molecule has 1 aromatic heterocycles. The van der Waals surface area contributed by atoms with Gasteiger partial charge >= 0.3 is 0 Å². The Morgan fingerprint density at radius 3 is 2.91 bits per heavy atom. The van der Waals surface area contributed by atoms with E-state index in [-0.39, 0.29) is 0 Å². The molecular weight excluding hydrogens is 282 g/mol. The van der Waals surface area contributed by atoms with Gasteiger partial charge in [0.05, 0.1) is 6.20 Å². The number of unbranched alkanes of at least 4 members (excludes halogenated alkanes) is 1. The molecule has 1 aromatic carbocycles. The molecule has 22 heavy (non-hydrogen) atoms. The third-order valence-corrected chi connectivity index (χ3v) is 3.19. The fourth-order valence-electron chi connectivity index (χ4n) is 2.08. The van der Waals surface area contributed by atoms with E-state index in [9.17, 15) is 0 Å². The highest BCUT2D eigenvalue weighted by Crippen LogP contribution is 2.33. The van der Waals surface area contributed by atoms with E-state index in [1.807, 2.05) is 18.2 Å². The van der Waals surface area contributed by atoms with Crippen LogP contribution in [0.15, 0.2) is 24.4 Å². The van der Waals surface area contributed by atoms with E-state index in [1.165, 1.54) is 0 Å². The van der Waals surface area contributed by atoms with Crippen molar-refractivity contribution in [1.82, 2.24) is 15.2 Å². The van der Waals surface area contributed by atoms with Crippen LogP contribution in [-0.4, -0.2) is 34.9 Å². The van der Waals surface area contributed by atoms with Crippen molar-refractivity contribution in [2.75, 3.05) is 30.4 Å². The summed E-state index contributed by atoms with van der Waals surface area (Å²) in [7, 11) is 0. The molecule has 0 atom stereocenters. The second-order valence-electron chi connectivity index (χ2n) is 4.93. The molecule has 116 valence electrons. The maximum atomic E-state index is 5.57. The van der Waals surface area contributed by atoms with Gasteiger partial charge in [-0.15, -0.1) is 5.10 Å². The molecule has 0 saturated heterocycles. The summed E-state index contributed by atoms with van der Waals surface area (Å²) in [4.78, 5) is 4.38. The standard InChI is InChI=1S/C15H19N5O2/c1-2-3-6-16-15-19-14(10-17-20-15)18-11-4-5-12-13(9-11)22-8-7-21-12/h4-5,9-10H,2-3,6-8H2,1H3,(H2,16,18,19,20). The van der Waals surface area contributed by atoms with E-state index in [0.29, 0.717) is 25.0 Å². The van der Waals surface area contributed by atoms with Gasteiger partial charge in [0.2, 0.25) is 5.95 Å². The summed E-state index contributed by atoms with van der Waals surface area (Å²) < 4.78 is 11.1. The third-order valence-electron chi connectivity index (χ3n) is 3.19. The van der Waals surface area contributed by atoms with Crippen LogP contribution >= 0.6 is 0 Å². The minimum Gasteiger partial charge on any atom is -0.486 e. The number of aromatic nitrogens is 3. The summed E-state index contributed by atoms with van der Waals surface area (Å²) >= 11 is 0. The molecule has 0 saturated carbocycles. The van der Waals surface area contributed by atoms with Gasteiger partial charge in [0.15, 0.2) is 17.3 Å². The zero-order chi connectivity index (χ0) is 15.2. The second kappa shape index (κ2) is 6.93. The van der Waals surface area contributed by atoms with Crippen molar-refractivity contribution in [2.45, 2.75) is 19.8 Å². The lowest BCUT2D eigenvalue weighted by molar-refractivity contribution is 0.171. The van der Waals surface area contributed by atoms with Crippen molar-refractivity contribution in [3.05, 3.63) is 24.4 Å². The van der Waals surface area contributed by atoms with Gasteiger partial charge in [0.25, 0.3) is 0 Å². The van der Waals surface area contributed by atoms with E-state index in [0.717, 1.165) is 36.6 Å². The van der Waals surface area contributed by atoms with Gasteiger partial charge in [-0.25, -0.2) is 0 Å². The molecule has 1 aliphatic rings. The van der Waals surface area contributed by atoms with Crippen molar-refractivity contribution in [1.29, 1.82) is 0 Å². The molecule has 2 heterocycles. The molecule has 0 fully saturated rings. The monoisotopic (exact) mass is 301 g/mol. The molecule has 7 heteroatoms. The van der Waals surface area contributed by atoms with Crippen LogP contribution in [0.2, 0.25) is 0 Å². The number of nitrogens with one attached hydrogen (secondary N) is 2. The highest BCUT2D eigenvalue weighted by molar-refractivity contribution is 5.61. The molecule has 0 radical (unpaired) electrons. The molecule has 0 aliphatic carbocycles. The molecule has 2 aromatic rings. The van der Waals surface area contributed by atoms with E-state index in [4.69, 9.17) is 9.47 Å². The summed E-state index contributed by atoms with van der Waals surface area (Å²) in [5, 5.41) is 14.3. The fourth-order valence-corrected chi connectivity index (χ4v) is 2.08. The van der Waals surface area contributed by atoms with Crippen LogP contribution in [0.1, 0.15) is 19.8 Å². The maximum Gasteiger partial charge on any atom is 0.244 e. The van der Waals surface area contributed by atoms with Crippen molar-refractivity contribution < 1.29 is 9.47 Å². The van der Waals surface area contributed by atoms with E-state index < -0.39 is 0 Å². The number of hydrogen-bond donors (Lipinski definition) is 2. The molecule has 0 spiro atoms. The molecule has 1 aliphatic heterocycles. The second-order valence-corrected chi connectivity index (χ2v) is 4.93. The lowest BCUT2D eigenvalue weighted by atomic mass is 10.2. The van der Waals surface area contributed by atoms with Crippen LogP contribution in [0.25, 0.3) is 0 Å². The summed E-state index contributed by atoms with van der Waals surface area (Å²) in [6.45, 7) is 4.13. The minimum absolute atomic E-state index is 0.524. The van der Waals surface area contributed by atoms with Gasteiger partial charge in [-0.05, 0) is 18.6 Å². The molecule has 0 amide bonds. The van der Waals surface area contributed by atoms with Crippen molar-refractivity contribution in [3.8, 4) is 11.5 Å². The number of nitrogens with zero attached hydrogens (tertiary/aromatic N) is 3. The van der Waals surface area contributed by atoms with Crippen molar-refractivity contribution in [3.63, 3.8) is 0 Å². The largest absolute Gasteiger partial charge is 0.486 e. The van der Waals surface area contributed by atoms with Gasteiger partial charge < -0.3 is 20.1 Å². The summed E-state index contributed by atoms with van der Waals surface area (Å²) in [6, 6.07) is 5.69. The number of benzene rings is 1. The lowest BCUT2D eigenvalue weighted by Crippen LogP contribution is -2.15. The van der Waals surface area contributed by atoms with E-state index in [2.05, 4.69) is 32.7 Å². The Balaban J connectivity index is 1.68. The molecule has 7 nitrogen and oxygen atoms in total. The average molecular weight is 301 g/mol. The Bertz CT molecular complexity index is 635. The molecule has 0 bridgehead atoms. The Labute approximate surface area is 129 Å². The SMILES string of the molecule is CCCCNc1nncc(Nc2ccc3c(c2)OCCO3)n1. The summed E-state index contributed by atoms with van der Waals surface area (Å²) in [5.41, 5.74) is 0.865. The third kappa shape index (κ3) is 3.55. The first-order chi connectivity index (χ1) is 10.8. The Morgan fingerprint density at radius 1 is 1.18 bits per heavy atom. The van der Waals surface area contributed by atoms with Crippen LogP contribution in [0, 0.1) is 0 Å². The lowest BCUT2D eigenvalue weighted by Gasteiger charge is -2.19. The zero-order valence-corrected chi connectivity index (χ0v) is 12.5. The highest BCUT2D eigenvalue weighted by Gasteiger charge is 2.12. The Morgan fingerprint density at radius 2 is 2.05 bits per heavy atom. The highest BCUT2D eigenvalue weighted by atomic mass is 16.6. The van der Waals surface area contributed by atoms with Crippen molar-refractivity contribution >= 4 is 17.5 Å². The van der Waals surface area contributed by atoms with Gasteiger partial charge in [0.1, 0.15) is 13.2 Å². The molecule has 2 N–H and O–H groups in total. The van der Waals surface area contributed by atoms with Gasteiger partial charge in [0, 0.05) is 18.3 Å². The number of ether oxygens (including phenoxy) is 2.